The summed E-state index contributed by atoms with van der Waals surface area (Å²) in [5.74, 6) is 0.109. The summed E-state index contributed by atoms with van der Waals surface area (Å²) in [7, 11) is 2.00. The Morgan fingerprint density at radius 1 is 1.55 bits per heavy atom. The first-order chi connectivity index (χ1) is 9.61. The van der Waals surface area contributed by atoms with Crippen LogP contribution in [0.5, 0.6) is 0 Å². The van der Waals surface area contributed by atoms with Crippen molar-refractivity contribution in [3.63, 3.8) is 0 Å². The largest absolute Gasteiger partial charge is 0.409 e. The maximum atomic E-state index is 8.91. The lowest BCUT2D eigenvalue weighted by atomic mass is 10.1. The van der Waals surface area contributed by atoms with E-state index in [0.717, 1.165) is 36.2 Å². The van der Waals surface area contributed by atoms with Crippen molar-refractivity contribution in [2.24, 2.45) is 10.9 Å². The molecule has 5 nitrogen and oxygen atoms in total. The number of rotatable bonds is 4. The highest BCUT2D eigenvalue weighted by atomic mass is 79.9. The van der Waals surface area contributed by atoms with Gasteiger partial charge in [-0.15, -0.1) is 0 Å². The number of nitrogens with two attached hydrogens (primary N) is 1. The van der Waals surface area contributed by atoms with Gasteiger partial charge in [0.2, 0.25) is 0 Å². The molecule has 0 aromatic heterocycles. The molecule has 0 radical (unpaired) electrons. The predicted octanol–water partition coefficient (Wildman–Crippen LogP) is 2.55. The van der Waals surface area contributed by atoms with Gasteiger partial charge in [0.15, 0.2) is 5.84 Å². The molecule has 3 N–H and O–H groups in total. The topological polar surface area (TPSA) is 71.1 Å². The molecule has 1 atom stereocenters. The molecule has 1 aliphatic heterocycles. The van der Waals surface area contributed by atoms with E-state index in [1.807, 2.05) is 25.2 Å². The fraction of sp³-hybridized carbons (Fsp3) is 0.500. The summed E-state index contributed by atoms with van der Waals surface area (Å²) in [6.45, 7) is 1.64. The number of likely N-dealkylation sites (N-methyl/N-ethyl adjacent to an activating group) is 1. The van der Waals surface area contributed by atoms with Crippen LogP contribution in [0.25, 0.3) is 0 Å². The second-order valence-corrected chi connectivity index (χ2v) is 5.93. The second-order valence-electron chi connectivity index (χ2n) is 5.02. The van der Waals surface area contributed by atoms with Crippen molar-refractivity contribution in [3.8, 4) is 0 Å². The zero-order valence-electron chi connectivity index (χ0n) is 11.6. The van der Waals surface area contributed by atoms with Crippen molar-refractivity contribution in [2.45, 2.75) is 25.4 Å². The molecule has 2 rings (SSSR count). The smallest absolute Gasteiger partial charge is 0.172 e. The maximum absolute atomic E-state index is 8.91. The Morgan fingerprint density at radius 3 is 3.00 bits per heavy atom. The zero-order valence-corrected chi connectivity index (χ0v) is 13.1. The molecule has 1 saturated heterocycles. The molecule has 1 aromatic rings. The number of anilines is 1. The number of benzene rings is 1. The van der Waals surface area contributed by atoms with Crippen molar-refractivity contribution in [2.75, 3.05) is 25.1 Å². The molecule has 1 aliphatic rings. The SMILES string of the molecule is CN(CC1CCCCO1)c1ccc(Br)cc1/C(N)=N/O. The number of hydrogen-bond acceptors (Lipinski definition) is 4. The Balaban J connectivity index is 2.18. The number of amidine groups is 1. The third-order valence-electron chi connectivity index (χ3n) is 3.51. The van der Waals surface area contributed by atoms with Crippen molar-refractivity contribution >= 4 is 27.5 Å². The molecular weight excluding hydrogens is 322 g/mol. The molecule has 0 saturated carbocycles. The summed E-state index contributed by atoms with van der Waals surface area (Å²) in [4.78, 5) is 2.09. The maximum Gasteiger partial charge on any atom is 0.172 e. The average Bonchev–Trinajstić information content (AvgIpc) is 2.47. The lowest BCUT2D eigenvalue weighted by Crippen LogP contribution is -2.34. The van der Waals surface area contributed by atoms with Crippen LogP contribution in [0.4, 0.5) is 5.69 Å². The summed E-state index contributed by atoms with van der Waals surface area (Å²) in [5, 5.41) is 12.0. The minimum absolute atomic E-state index is 0.109. The van der Waals surface area contributed by atoms with Gasteiger partial charge < -0.3 is 20.6 Å². The van der Waals surface area contributed by atoms with Gasteiger partial charge in [-0.3, -0.25) is 0 Å². The van der Waals surface area contributed by atoms with Gasteiger partial charge in [0, 0.05) is 35.9 Å². The zero-order chi connectivity index (χ0) is 14.5. The van der Waals surface area contributed by atoms with E-state index < -0.39 is 0 Å². The number of hydrogen-bond donors (Lipinski definition) is 2. The highest BCUT2D eigenvalue weighted by Crippen LogP contribution is 2.25. The molecule has 0 bridgehead atoms. The first kappa shape index (κ1) is 15.1. The molecule has 20 heavy (non-hydrogen) atoms. The molecule has 0 amide bonds. The molecule has 1 aromatic carbocycles. The van der Waals surface area contributed by atoms with Crippen LogP contribution >= 0.6 is 15.9 Å². The Labute approximate surface area is 127 Å². The van der Waals surface area contributed by atoms with E-state index in [1.165, 1.54) is 6.42 Å². The Bertz CT molecular complexity index is 487. The quantitative estimate of drug-likeness (QED) is 0.382. The van der Waals surface area contributed by atoms with Gasteiger partial charge >= 0.3 is 0 Å². The van der Waals surface area contributed by atoms with E-state index in [9.17, 15) is 0 Å². The van der Waals surface area contributed by atoms with Crippen LogP contribution in [-0.4, -0.2) is 37.3 Å². The van der Waals surface area contributed by atoms with Crippen LogP contribution in [0.1, 0.15) is 24.8 Å². The minimum Gasteiger partial charge on any atom is -0.409 e. The number of halogens is 1. The van der Waals surface area contributed by atoms with Crippen molar-refractivity contribution in [1.29, 1.82) is 0 Å². The number of ether oxygens (including phenoxy) is 1. The van der Waals surface area contributed by atoms with Gasteiger partial charge in [0.25, 0.3) is 0 Å². The molecule has 1 unspecified atom stereocenters. The van der Waals surface area contributed by atoms with Crippen LogP contribution in [-0.2, 0) is 4.74 Å². The molecule has 6 heteroatoms. The predicted molar refractivity (Wildman–Crippen MR) is 83.5 cm³/mol. The van der Waals surface area contributed by atoms with Gasteiger partial charge in [-0.05, 0) is 37.5 Å². The summed E-state index contributed by atoms with van der Waals surface area (Å²) >= 11 is 3.41. The van der Waals surface area contributed by atoms with Gasteiger partial charge in [0.1, 0.15) is 0 Å². The van der Waals surface area contributed by atoms with Crippen LogP contribution in [0, 0.1) is 0 Å². The van der Waals surface area contributed by atoms with Gasteiger partial charge in [-0.25, -0.2) is 0 Å². The Kier molecular flexibility index (Phi) is 5.25. The van der Waals surface area contributed by atoms with E-state index in [2.05, 4.69) is 26.0 Å². The monoisotopic (exact) mass is 341 g/mol. The van der Waals surface area contributed by atoms with Crippen LogP contribution in [0.3, 0.4) is 0 Å². The molecular formula is C14H20BrN3O2. The van der Waals surface area contributed by atoms with Crippen LogP contribution in [0.2, 0.25) is 0 Å². The molecule has 110 valence electrons. The first-order valence-corrected chi connectivity index (χ1v) is 7.51. The Morgan fingerprint density at radius 2 is 2.35 bits per heavy atom. The van der Waals surface area contributed by atoms with Crippen molar-refractivity contribution in [1.82, 2.24) is 0 Å². The summed E-state index contributed by atoms with van der Waals surface area (Å²) < 4.78 is 6.65. The number of nitrogens with zero attached hydrogens (tertiary/aromatic N) is 2. The fourth-order valence-electron chi connectivity index (χ4n) is 2.46. The number of oxime groups is 1. The minimum atomic E-state index is 0.109. The second kappa shape index (κ2) is 6.95. The van der Waals surface area contributed by atoms with E-state index in [4.69, 9.17) is 15.7 Å². The molecule has 1 heterocycles. The van der Waals surface area contributed by atoms with E-state index in [-0.39, 0.29) is 11.9 Å². The van der Waals surface area contributed by atoms with E-state index in [1.54, 1.807) is 0 Å². The van der Waals surface area contributed by atoms with Gasteiger partial charge in [-0.1, -0.05) is 21.1 Å². The molecule has 1 fully saturated rings. The van der Waals surface area contributed by atoms with Gasteiger partial charge in [-0.2, -0.15) is 0 Å². The summed E-state index contributed by atoms with van der Waals surface area (Å²) in [6.07, 6.45) is 3.69. The van der Waals surface area contributed by atoms with Crippen molar-refractivity contribution < 1.29 is 9.94 Å². The van der Waals surface area contributed by atoms with Crippen molar-refractivity contribution in [3.05, 3.63) is 28.2 Å². The highest BCUT2D eigenvalue weighted by molar-refractivity contribution is 9.10. The standard InChI is InChI=1S/C14H20BrN3O2/c1-18(9-11-4-2-3-7-20-11)13-6-5-10(15)8-12(13)14(16)17-19/h5-6,8,11,19H,2-4,7,9H2,1H3,(H2,16,17). The van der Waals surface area contributed by atoms with Gasteiger partial charge in [0.05, 0.1) is 6.10 Å². The normalized spacial score (nSPS) is 19.9. The molecule has 0 aliphatic carbocycles. The lowest BCUT2D eigenvalue weighted by molar-refractivity contribution is 0.0216. The Hall–Kier alpha value is -1.27. The molecule has 0 spiro atoms. The summed E-state index contributed by atoms with van der Waals surface area (Å²) in [5.41, 5.74) is 7.39. The highest BCUT2D eigenvalue weighted by Gasteiger charge is 2.18. The first-order valence-electron chi connectivity index (χ1n) is 6.72. The fourth-order valence-corrected chi connectivity index (χ4v) is 2.82. The lowest BCUT2D eigenvalue weighted by Gasteiger charge is -2.29. The average molecular weight is 342 g/mol. The van der Waals surface area contributed by atoms with E-state index in [0.29, 0.717) is 5.56 Å². The summed E-state index contributed by atoms with van der Waals surface area (Å²) in [6, 6.07) is 5.75. The van der Waals surface area contributed by atoms with Crippen LogP contribution < -0.4 is 10.6 Å². The third kappa shape index (κ3) is 3.64. The third-order valence-corrected chi connectivity index (χ3v) is 4.00. The van der Waals surface area contributed by atoms with Crippen LogP contribution in [0.15, 0.2) is 27.8 Å². The van der Waals surface area contributed by atoms with E-state index >= 15 is 0 Å².